The van der Waals surface area contributed by atoms with Crippen molar-refractivity contribution in [1.29, 1.82) is 0 Å². The van der Waals surface area contributed by atoms with E-state index >= 15 is 0 Å². The second-order valence-electron chi connectivity index (χ2n) is 4.93. The molecular formula is C14H14N2O5S. The first-order valence-electron chi connectivity index (χ1n) is 6.64. The van der Waals surface area contributed by atoms with Gasteiger partial charge < -0.3 is 14.4 Å². The van der Waals surface area contributed by atoms with Crippen molar-refractivity contribution in [1.82, 2.24) is 0 Å². The SMILES string of the molecule is CC(=O)OC1CN(c2ccc3c(c2)SCC(=O)N3C)C(=O)O1. The third kappa shape index (κ3) is 2.61. The molecule has 1 saturated heterocycles. The molecule has 1 unspecified atom stereocenters. The normalized spacial score (nSPS) is 20.7. The lowest BCUT2D eigenvalue weighted by atomic mass is 10.2. The van der Waals surface area contributed by atoms with Gasteiger partial charge in [-0.15, -0.1) is 11.8 Å². The number of esters is 1. The van der Waals surface area contributed by atoms with E-state index in [1.807, 2.05) is 6.07 Å². The maximum Gasteiger partial charge on any atom is 0.417 e. The smallest absolute Gasteiger partial charge is 0.417 e. The fourth-order valence-electron chi connectivity index (χ4n) is 2.33. The van der Waals surface area contributed by atoms with Gasteiger partial charge in [0.15, 0.2) is 0 Å². The first kappa shape index (κ1) is 14.7. The number of hydrogen-bond acceptors (Lipinski definition) is 6. The van der Waals surface area contributed by atoms with Gasteiger partial charge in [-0.3, -0.25) is 14.5 Å². The minimum Gasteiger partial charge on any atom is -0.423 e. The Labute approximate surface area is 131 Å². The highest BCUT2D eigenvalue weighted by molar-refractivity contribution is 8.00. The van der Waals surface area contributed by atoms with E-state index in [1.54, 1.807) is 24.1 Å². The molecule has 0 aromatic heterocycles. The van der Waals surface area contributed by atoms with Crippen LogP contribution >= 0.6 is 11.8 Å². The second-order valence-corrected chi connectivity index (χ2v) is 5.94. The van der Waals surface area contributed by atoms with Crippen molar-refractivity contribution in [3.8, 4) is 0 Å². The van der Waals surface area contributed by atoms with Gasteiger partial charge >= 0.3 is 12.1 Å². The standard InChI is InChI=1S/C14H14N2O5S/c1-8(17)20-13-6-16(14(19)21-13)9-3-4-10-11(5-9)22-7-12(18)15(10)2/h3-5,13H,6-7H2,1-2H3. The molecule has 0 saturated carbocycles. The van der Waals surface area contributed by atoms with Crippen LogP contribution in [0.25, 0.3) is 0 Å². The number of carbonyl (C=O) groups excluding carboxylic acids is 3. The van der Waals surface area contributed by atoms with Crippen molar-refractivity contribution in [2.45, 2.75) is 18.1 Å². The predicted molar refractivity (Wildman–Crippen MR) is 80.0 cm³/mol. The number of benzene rings is 1. The monoisotopic (exact) mass is 322 g/mol. The Bertz CT molecular complexity index is 663. The number of hydrogen-bond donors (Lipinski definition) is 0. The Hall–Kier alpha value is -2.22. The molecule has 22 heavy (non-hydrogen) atoms. The van der Waals surface area contributed by atoms with Crippen molar-refractivity contribution in [3.63, 3.8) is 0 Å². The van der Waals surface area contributed by atoms with Crippen LogP contribution in [0.4, 0.5) is 16.2 Å². The predicted octanol–water partition coefficient (Wildman–Crippen LogP) is 1.60. The minimum atomic E-state index is -0.891. The third-order valence-corrected chi connectivity index (χ3v) is 4.45. The number of rotatable bonds is 2. The third-order valence-electron chi connectivity index (χ3n) is 3.42. The summed E-state index contributed by atoms with van der Waals surface area (Å²) in [4.78, 5) is 38.4. The van der Waals surface area contributed by atoms with Crippen molar-refractivity contribution in [2.24, 2.45) is 0 Å². The lowest BCUT2D eigenvalue weighted by Gasteiger charge is -2.26. The fraction of sp³-hybridized carbons (Fsp3) is 0.357. The molecule has 3 rings (SSSR count). The first-order valence-corrected chi connectivity index (χ1v) is 7.63. The quantitative estimate of drug-likeness (QED) is 0.770. The number of fused-ring (bicyclic) bond motifs is 1. The zero-order chi connectivity index (χ0) is 15.9. The highest BCUT2D eigenvalue weighted by Gasteiger charge is 2.35. The summed E-state index contributed by atoms with van der Waals surface area (Å²) in [5, 5.41) is 0. The molecule has 2 amide bonds. The first-order chi connectivity index (χ1) is 10.5. The minimum absolute atomic E-state index is 0.0424. The number of carbonyl (C=O) groups is 3. The number of amides is 2. The van der Waals surface area contributed by atoms with Crippen molar-refractivity contribution in [2.75, 3.05) is 29.1 Å². The van der Waals surface area contributed by atoms with Crippen LogP contribution in [0, 0.1) is 0 Å². The Morgan fingerprint density at radius 1 is 1.41 bits per heavy atom. The van der Waals surface area contributed by atoms with Crippen LogP contribution in [0.1, 0.15) is 6.92 Å². The lowest BCUT2D eigenvalue weighted by molar-refractivity contribution is -0.159. The maximum atomic E-state index is 11.9. The molecule has 0 aliphatic carbocycles. The van der Waals surface area contributed by atoms with Gasteiger partial charge in [-0.25, -0.2) is 4.79 Å². The van der Waals surface area contributed by atoms with Gasteiger partial charge in [0.2, 0.25) is 5.91 Å². The number of ether oxygens (including phenoxy) is 2. The summed E-state index contributed by atoms with van der Waals surface area (Å²) in [5.74, 6) is -0.0884. The van der Waals surface area contributed by atoms with Gasteiger partial charge in [0.1, 0.15) is 6.54 Å². The van der Waals surface area contributed by atoms with Crippen LogP contribution in [0.15, 0.2) is 23.1 Å². The van der Waals surface area contributed by atoms with Crippen LogP contribution in [-0.4, -0.2) is 43.6 Å². The van der Waals surface area contributed by atoms with Crippen LogP contribution in [-0.2, 0) is 19.1 Å². The van der Waals surface area contributed by atoms with Crippen molar-refractivity contribution < 1.29 is 23.9 Å². The highest BCUT2D eigenvalue weighted by atomic mass is 32.2. The van der Waals surface area contributed by atoms with E-state index in [1.165, 1.54) is 23.6 Å². The van der Waals surface area contributed by atoms with E-state index in [-0.39, 0.29) is 12.5 Å². The van der Waals surface area contributed by atoms with Gasteiger partial charge in [-0.2, -0.15) is 0 Å². The fourth-order valence-corrected chi connectivity index (χ4v) is 3.36. The molecule has 1 atom stereocenters. The molecule has 2 heterocycles. The molecule has 0 spiro atoms. The van der Waals surface area contributed by atoms with Crippen LogP contribution < -0.4 is 9.80 Å². The lowest BCUT2D eigenvalue weighted by Crippen LogP contribution is -2.31. The molecule has 1 aromatic rings. The summed E-state index contributed by atoms with van der Waals surface area (Å²) in [5.41, 5.74) is 1.46. The summed E-state index contributed by atoms with van der Waals surface area (Å²) < 4.78 is 9.89. The molecule has 7 nitrogen and oxygen atoms in total. The van der Waals surface area contributed by atoms with E-state index < -0.39 is 18.4 Å². The molecular weight excluding hydrogens is 308 g/mol. The van der Waals surface area contributed by atoms with Gasteiger partial charge in [0.05, 0.1) is 11.4 Å². The number of thioether (sulfide) groups is 1. The average molecular weight is 322 g/mol. The Morgan fingerprint density at radius 3 is 2.91 bits per heavy atom. The summed E-state index contributed by atoms with van der Waals surface area (Å²) in [6.07, 6.45) is -1.45. The highest BCUT2D eigenvalue weighted by Crippen LogP contribution is 2.38. The topological polar surface area (TPSA) is 76.2 Å². The van der Waals surface area contributed by atoms with E-state index in [0.717, 1.165) is 10.6 Å². The van der Waals surface area contributed by atoms with Crippen LogP contribution in [0.5, 0.6) is 0 Å². The largest absolute Gasteiger partial charge is 0.423 e. The van der Waals surface area contributed by atoms with E-state index in [2.05, 4.69) is 0 Å². The molecule has 1 fully saturated rings. The summed E-state index contributed by atoms with van der Waals surface area (Å²) in [6.45, 7) is 1.41. The number of cyclic esters (lactones) is 1. The van der Waals surface area contributed by atoms with E-state index in [0.29, 0.717) is 11.4 Å². The summed E-state index contributed by atoms with van der Waals surface area (Å²) in [6, 6.07) is 5.37. The number of anilines is 2. The number of nitrogens with zero attached hydrogens (tertiary/aromatic N) is 2. The van der Waals surface area contributed by atoms with Gasteiger partial charge in [0, 0.05) is 24.6 Å². The van der Waals surface area contributed by atoms with Gasteiger partial charge in [-0.05, 0) is 18.2 Å². The molecule has 1 aromatic carbocycles. The average Bonchev–Trinajstić information content (AvgIpc) is 2.82. The molecule has 0 bridgehead atoms. The zero-order valence-corrected chi connectivity index (χ0v) is 12.9. The van der Waals surface area contributed by atoms with Crippen molar-refractivity contribution >= 4 is 41.1 Å². The van der Waals surface area contributed by atoms with Gasteiger partial charge in [0.25, 0.3) is 6.29 Å². The molecule has 116 valence electrons. The van der Waals surface area contributed by atoms with Crippen LogP contribution in [0.2, 0.25) is 0 Å². The molecule has 2 aliphatic rings. The Balaban J connectivity index is 1.83. The van der Waals surface area contributed by atoms with Crippen molar-refractivity contribution in [3.05, 3.63) is 18.2 Å². The van der Waals surface area contributed by atoms with E-state index in [9.17, 15) is 14.4 Å². The molecule has 0 N–H and O–H groups in total. The molecule has 8 heteroatoms. The Morgan fingerprint density at radius 2 is 2.18 bits per heavy atom. The summed E-state index contributed by atoms with van der Waals surface area (Å²) >= 11 is 1.43. The second kappa shape index (κ2) is 5.53. The van der Waals surface area contributed by atoms with Crippen LogP contribution in [0.3, 0.4) is 0 Å². The Kier molecular flexibility index (Phi) is 3.69. The van der Waals surface area contributed by atoms with E-state index in [4.69, 9.17) is 9.47 Å². The molecule has 0 radical (unpaired) electrons. The zero-order valence-electron chi connectivity index (χ0n) is 12.1. The molecule has 2 aliphatic heterocycles. The van der Waals surface area contributed by atoms with Gasteiger partial charge in [-0.1, -0.05) is 0 Å². The maximum absolute atomic E-state index is 11.9. The summed E-state index contributed by atoms with van der Waals surface area (Å²) in [7, 11) is 1.72.